The molecule has 134 valence electrons. The Labute approximate surface area is 149 Å². The van der Waals surface area contributed by atoms with E-state index in [1.807, 2.05) is 0 Å². The number of fused-ring (bicyclic) bond motifs is 2. The molecule has 2 heterocycles. The molecule has 4 aromatic rings. The average molecular weight is 398 g/mol. The SMILES string of the molecule is O=S(=O)(Nc1cccc2nsnc12)c1c[nH]c2cc(C(F)(F)F)ccc12. The number of rotatable bonds is 3. The number of sulfonamides is 1. The van der Waals surface area contributed by atoms with E-state index in [1.165, 1.54) is 6.07 Å². The van der Waals surface area contributed by atoms with Gasteiger partial charge in [-0.2, -0.15) is 21.9 Å². The van der Waals surface area contributed by atoms with Gasteiger partial charge in [0.05, 0.1) is 23.0 Å². The van der Waals surface area contributed by atoms with Crippen LogP contribution in [0.4, 0.5) is 18.9 Å². The third-order valence-electron chi connectivity index (χ3n) is 3.79. The molecule has 0 radical (unpaired) electrons. The highest BCUT2D eigenvalue weighted by atomic mass is 32.2. The first kappa shape index (κ1) is 16.8. The van der Waals surface area contributed by atoms with Gasteiger partial charge in [0, 0.05) is 17.1 Å². The number of halogens is 3. The zero-order valence-corrected chi connectivity index (χ0v) is 14.3. The van der Waals surface area contributed by atoms with Crippen molar-refractivity contribution in [3.63, 3.8) is 0 Å². The minimum absolute atomic E-state index is 0.0775. The van der Waals surface area contributed by atoms with Crippen LogP contribution in [0.2, 0.25) is 0 Å². The molecule has 2 N–H and O–H groups in total. The number of aromatic amines is 1. The summed E-state index contributed by atoms with van der Waals surface area (Å²) in [7, 11) is -4.04. The van der Waals surface area contributed by atoms with Crippen molar-refractivity contribution in [2.75, 3.05) is 4.72 Å². The molecule has 0 saturated carbocycles. The first-order valence-electron chi connectivity index (χ1n) is 7.18. The molecule has 0 saturated heterocycles. The lowest BCUT2D eigenvalue weighted by atomic mass is 10.1. The van der Waals surface area contributed by atoms with Crippen molar-refractivity contribution in [1.82, 2.24) is 13.7 Å². The van der Waals surface area contributed by atoms with Crippen LogP contribution < -0.4 is 4.72 Å². The number of H-pyrrole nitrogens is 1. The van der Waals surface area contributed by atoms with Gasteiger partial charge in [-0.15, -0.1) is 0 Å². The first-order valence-corrected chi connectivity index (χ1v) is 9.39. The molecule has 0 unspecified atom stereocenters. The number of hydrogen-bond donors (Lipinski definition) is 2. The maximum Gasteiger partial charge on any atom is 0.416 e. The van der Waals surface area contributed by atoms with Gasteiger partial charge < -0.3 is 4.98 Å². The van der Waals surface area contributed by atoms with Crippen LogP contribution >= 0.6 is 11.7 Å². The predicted molar refractivity (Wildman–Crippen MR) is 91.5 cm³/mol. The van der Waals surface area contributed by atoms with Crippen molar-refractivity contribution in [2.24, 2.45) is 0 Å². The van der Waals surface area contributed by atoms with E-state index in [1.54, 1.807) is 12.1 Å². The Morgan fingerprint density at radius 3 is 2.69 bits per heavy atom. The van der Waals surface area contributed by atoms with E-state index in [0.717, 1.165) is 36.1 Å². The fourth-order valence-electron chi connectivity index (χ4n) is 2.59. The second-order valence-corrected chi connectivity index (χ2v) is 7.63. The van der Waals surface area contributed by atoms with E-state index in [9.17, 15) is 21.6 Å². The van der Waals surface area contributed by atoms with Crippen molar-refractivity contribution in [3.05, 3.63) is 48.2 Å². The summed E-state index contributed by atoms with van der Waals surface area (Å²) in [6.07, 6.45) is -3.35. The Morgan fingerprint density at radius 1 is 1.12 bits per heavy atom. The van der Waals surface area contributed by atoms with Gasteiger partial charge in [0.1, 0.15) is 15.9 Å². The highest BCUT2D eigenvalue weighted by Gasteiger charge is 2.31. The molecule has 0 aliphatic rings. The maximum absolute atomic E-state index is 12.8. The van der Waals surface area contributed by atoms with Crippen LogP contribution in [-0.2, 0) is 16.2 Å². The van der Waals surface area contributed by atoms with Crippen LogP contribution in [0.15, 0.2) is 47.5 Å². The van der Waals surface area contributed by atoms with Gasteiger partial charge in [0.2, 0.25) is 0 Å². The molecule has 26 heavy (non-hydrogen) atoms. The Kier molecular flexibility index (Phi) is 3.66. The van der Waals surface area contributed by atoms with Crippen molar-refractivity contribution < 1.29 is 21.6 Å². The maximum atomic E-state index is 12.8. The minimum Gasteiger partial charge on any atom is -0.360 e. The molecule has 0 aliphatic carbocycles. The summed E-state index contributed by atoms with van der Waals surface area (Å²) in [5, 5.41) is 0.161. The molecule has 0 amide bonds. The van der Waals surface area contributed by atoms with E-state index < -0.39 is 21.8 Å². The number of aromatic nitrogens is 3. The topological polar surface area (TPSA) is 87.7 Å². The van der Waals surface area contributed by atoms with Crippen LogP contribution in [0.5, 0.6) is 0 Å². The van der Waals surface area contributed by atoms with E-state index in [4.69, 9.17) is 0 Å². The molecule has 2 aromatic heterocycles. The van der Waals surface area contributed by atoms with Crippen molar-refractivity contribution in [1.29, 1.82) is 0 Å². The summed E-state index contributed by atoms with van der Waals surface area (Å²) in [6.45, 7) is 0. The lowest BCUT2D eigenvalue weighted by molar-refractivity contribution is -0.137. The molecular formula is C15H9F3N4O2S2. The van der Waals surface area contributed by atoms with Crippen LogP contribution in [0.25, 0.3) is 21.9 Å². The van der Waals surface area contributed by atoms with Crippen LogP contribution in [0.1, 0.15) is 5.56 Å². The fraction of sp³-hybridized carbons (Fsp3) is 0.0667. The van der Waals surface area contributed by atoms with Gasteiger partial charge in [0.25, 0.3) is 10.0 Å². The third-order valence-corrected chi connectivity index (χ3v) is 5.74. The molecule has 0 atom stereocenters. The Bertz CT molecular complexity index is 1230. The second kappa shape index (κ2) is 5.68. The van der Waals surface area contributed by atoms with Crippen molar-refractivity contribution in [2.45, 2.75) is 11.1 Å². The zero-order chi connectivity index (χ0) is 18.5. The van der Waals surface area contributed by atoms with Crippen LogP contribution in [0.3, 0.4) is 0 Å². The fourth-order valence-corrected chi connectivity index (χ4v) is 4.38. The lowest BCUT2D eigenvalue weighted by Gasteiger charge is -2.08. The van der Waals surface area contributed by atoms with Crippen molar-refractivity contribution >= 4 is 49.4 Å². The van der Waals surface area contributed by atoms with Gasteiger partial charge in [-0.25, -0.2) is 8.42 Å². The predicted octanol–water partition coefficient (Wildman–Crippen LogP) is 3.99. The summed E-state index contributed by atoms with van der Waals surface area (Å²) in [4.78, 5) is 2.43. The molecule has 6 nitrogen and oxygen atoms in total. The highest BCUT2D eigenvalue weighted by Crippen LogP contribution is 2.33. The second-order valence-electron chi connectivity index (χ2n) is 5.45. The Balaban J connectivity index is 1.78. The summed E-state index contributed by atoms with van der Waals surface area (Å²) in [5.74, 6) is 0. The molecule has 0 bridgehead atoms. The normalized spacial score (nSPS) is 12.7. The van der Waals surface area contributed by atoms with Gasteiger partial charge in [-0.05, 0) is 24.3 Å². The Morgan fingerprint density at radius 2 is 1.92 bits per heavy atom. The zero-order valence-electron chi connectivity index (χ0n) is 12.7. The van der Waals surface area contributed by atoms with Crippen LogP contribution in [-0.4, -0.2) is 22.1 Å². The monoisotopic (exact) mass is 398 g/mol. The lowest BCUT2D eigenvalue weighted by Crippen LogP contribution is -2.13. The molecular weight excluding hydrogens is 389 g/mol. The van der Waals surface area contributed by atoms with Gasteiger partial charge in [-0.3, -0.25) is 4.72 Å². The van der Waals surface area contributed by atoms with Gasteiger partial charge >= 0.3 is 6.18 Å². The summed E-state index contributed by atoms with van der Waals surface area (Å²) >= 11 is 0.949. The standard InChI is InChI=1S/C15H9F3N4O2S2/c16-15(17,18)8-4-5-9-12(6-8)19-7-13(9)26(23,24)22-11-3-1-2-10-14(11)21-25-20-10/h1-7,19,22H. The molecule has 4 rings (SSSR count). The largest absolute Gasteiger partial charge is 0.416 e. The van der Waals surface area contributed by atoms with E-state index in [0.29, 0.717) is 11.0 Å². The summed E-state index contributed by atoms with van der Waals surface area (Å²) in [6, 6.07) is 7.72. The molecule has 2 aromatic carbocycles. The number of nitrogens with zero attached hydrogens (tertiary/aromatic N) is 2. The van der Waals surface area contributed by atoms with E-state index in [2.05, 4.69) is 18.5 Å². The molecule has 0 fully saturated rings. The number of anilines is 1. The number of nitrogens with one attached hydrogen (secondary N) is 2. The first-order chi connectivity index (χ1) is 12.3. The number of benzene rings is 2. The number of alkyl halides is 3. The smallest absolute Gasteiger partial charge is 0.360 e. The van der Waals surface area contributed by atoms with E-state index >= 15 is 0 Å². The average Bonchev–Trinajstić information content (AvgIpc) is 3.20. The highest BCUT2D eigenvalue weighted by molar-refractivity contribution is 7.93. The van der Waals surface area contributed by atoms with Gasteiger partial charge in [-0.1, -0.05) is 12.1 Å². The van der Waals surface area contributed by atoms with Crippen LogP contribution in [0, 0.1) is 0 Å². The van der Waals surface area contributed by atoms with Crippen molar-refractivity contribution in [3.8, 4) is 0 Å². The number of hydrogen-bond acceptors (Lipinski definition) is 5. The summed E-state index contributed by atoms with van der Waals surface area (Å²) < 4.78 is 74.4. The van der Waals surface area contributed by atoms with E-state index in [-0.39, 0.29) is 21.5 Å². The summed E-state index contributed by atoms with van der Waals surface area (Å²) in [5.41, 5.74) is 0.414. The molecule has 0 spiro atoms. The molecule has 11 heteroatoms. The van der Waals surface area contributed by atoms with Gasteiger partial charge in [0.15, 0.2) is 0 Å². The Hall–Kier alpha value is -2.66. The minimum atomic E-state index is -4.51. The quantitative estimate of drug-likeness (QED) is 0.546. The molecule has 0 aliphatic heterocycles. The third kappa shape index (κ3) is 2.78.